The van der Waals surface area contributed by atoms with Crippen molar-refractivity contribution in [2.75, 3.05) is 52.5 Å². The molecule has 0 bridgehead atoms. The Bertz CT molecular complexity index is 344. The molecule has 3 fully saturated rings. The SMILES string of the molecule is NC1(C(=O)N2CCN(CC3CCCO3)CC2)CCOC1. The molecular weight excluding hydrogens is 258 g/mol. The number of amides is 1. The molecule has 20 heavy (non-hydrogen) atoms. The summed E-state index contributed by atoms with van der Waals surface area (Å²) in [6.07, 6.45) is 3.38. The van der Waals surface area contributed by atoms with E-state index in [1.165, 1.54) is 12.8 Å². The molecule has 3 aliphatic rings. The van der Waals surface area contributed by atoms with Crippen LogP contribution in [0.25, 0.3) is 0 Å². The van der Waals surface area contributed by atoms with E-state index in [0.29, 0.717) is 25.7 Å². The molecule has 114 valence electrons. The Balaban J connectivity index is 1.46. The van der Waals surface area contributed by atoms with E-state index >= 15 is 0 Å². The summed E-state index contributed by atoms with van der Waals surface area (Å²) in [7, 11) is 0. The lowest BCUT2D eigenvalue weighted by Gasteiger charge is -2.38. The van der Waals surface area contributed by atoms with Gasteiger partial charge in [0, 0.05) is 45.9 Å². The summed E-state index contributed by atoms with van der Waals surface area (Å²) in [6.45, 7) is 6.24. The molecule has 0 aromatic heterocycles. The predicted octanol–water partition coefficient (Wildman–Crippen LogP) is -0.573. The molecule has 3 aliphatic heterocycles. The van der Waals surface area contributed by atoms with Gasteiger partial charge in [-0.3, -0.25) is 9.69 Å². The van der Waals surface area contributed by atoms with Gasteiger partial charge in [0.05, 0.1) is 12.7 Å². The first-order chi connectivity index (χ1) is 9.67. The highest BCUT2D eigenvalue weighted by atomic mass is 16.5. The molecule has 0 aromatic rings. The number of hydrogen-bond donors (Lipinski definition) is 1. The number of carbonyl (C=O) groups excluding carboxylic acids is 1. The number of ether oxygens (including phenoxy) is 2. The number of nitrogens with zero attached hydrogens (tertiary/aromatic N) is 2. The van der Waals surface area contributed by atoms with Crippen LogP contribution in [0.4, 0.5) is 0 Å². The highest BCUT2D eigenvalue weighted by molar-refractivity contribution is 5.86. The van der Waals surface area contributed by atoms with E-state index in [2.05, 4.69) is 4.90 Å². The molecule has 2 unspecified atom stereocenters. The van der Waals surface area contributed by atoms with Crippen LogP contribution in [-0.2, 0) is 14.3 Å². The summed E-state index contributed by atoms with van der Waals surface area (Å²) in [6, 6.07) is 0. The van der Waals surface area contributed by atoms with E-state index in [1.54, 1.807) is 0 Å². The molecule has 0 saturated carbocycles. The molecule has 2 atom stereocenters. The number of carbonyl (C=O) groups is 1. The summed E-state index contributed by atoms with van der Waals surface area (Å²) >= 11 is 0. The fourth-order valence-corrected chi connectivity index (χ4v) is 3.27. The lowest BCUT2D eigenvalue weighted by molar-refractivity contribution is -0.139. The van der Waals surface area contributed by atoms with E-state index < -0.39 is 5.54 Å². The Kier molecular flexibility index (Phi) is 4.26. The molecule has 1 amide bonds. The maximum atomic E-state index is 12.5. The summed E-state index contributed by atoms with van der Waals surface area (Å²) in [5.41, 5.74) is 5.37. The van der Waals surface area contributed by atoms with Gasteiger partial charge in [-0.25, -0.2) is 0 Å². The van der Waals surface area contributed by atoms with Crippen molar-refractivity contribution in [3.63, 3.8) is 0 Å². The van der Waals surface area contributed by atoms with Crippen LogP contribution in [0.1, 0.15) is 19.3 Å². The van der Waals surface area contributed by atoms with Crippen molar-refractivity contribution in [2.24, 2.45) is 5.73 Å². The largest absolute Gasteiger partial charge is 0.379 e. The second kappa shape index (κ2) is 5.97. The van der Waals surface area contributed by atoms with E-state index in [-0.39, 0.29) is 5.91 Å². The first kappa shape index (κ1) is 14.3. The fraction of sp³-hybridized carbons (Fsp3) is 0.929. The zero-order chi connectivity index (χ0) is 14.0. The van der Waals surface area contributed by atoms with Gasteiger partial charge in [0.25, 0.3) is 0 Å². The normalized spacial score (nSPS) is 35.6. The van der Waals surface area contributed by atoms with Gasteiger partial charge in [-0.1, -0.05) is 0 Å². The molecule has 0 radical (unpaired) electrons. The third-order valence-electron chi connectivity index (χ3n) is 4.62. The lowest BCUT2D eigenvalue weighted by atomic mass is 9.98. The lowest BCUT2D eigenvalue weighted by Crippen LogP contribution is -2.60. The van der Waals surface area contributed by atoms with Gasteiger partial charge in [0.15, 0.2) is 0 Å². The number of piperazine rings is 1. The van der Waals surface area contributed by atoms with Gasteiger partial charge in [0.1, 0.15) is 5.54 Å². The minimum Gasteiger partial charge on any atom is -0.379 e. The number of rotatable bonds is 3. The molecule has 0 aliphatic carbocycles. The van der Waals surface area contributed by atoms with Gasteiger partial charge in [-0.15, -0.1) is 0 Å². The fourth-order valence-electron chi connectivity index (χ4n) is 3.27. The quantitative estimate of drug-likeness (QED) is 0.751. The Morgan fingerprint density at radius 3 is 2.65 bits per heavy atom. The van der Waals surface area contributed by atoms with E-state index in [9.17, 15) is 4.79 Å². The minimum atomic E-state index is -0.781. The van der Waals surface area contributed by atoms with Crippen molar-refractivity contribution in [3.05, 3.63) is 0 Å². The third-order valence-corrected chi connectivity index (χ3v) is 4.62. The minimum absolute atomic E-state index is 0.0618. The molecule has 3 heterocycles. The molecule has 6 heteroatoms. The van der Waals surface area contributed by atoms with E-state index in [1.807, 2.05) is 4.90 Å². The molecular formula is C14H25N3O3. The Morgan fingerprint density at radius 2 is 2.05 bits per heavy atom. The maximum absolute atomic E-state index is 12.5. The average molecular weight is 283 g/mol. The predicted molar refractivity (Wildman–Crippen MR) is 74.3 cm³/mol. The first-order valence-electron chi connectivity index (χ1n) is 7.67. The highest BCUT2D eigenvalue weighted by Gasteiger charge is 2.41. The zero-order valence-corrected chi connectivity index (χ0v) is 12.1. The van der Waals surface area contributed by atoms with Crippen LogP contribution in [0.2, 0.25) is 0 Å². The third kappa shape index (κ3) is 2.98. The Morgan fingerprint density at radius 1 is 1.25 bits per heavy atom. The topological polar surface area (TPSA) is 68.0 Å². The van der Waals surface area contributed by atoms with Crippen molar-refractivity contribution in [1.82, 2.24) is 9.80 Å². The summed E-state index contributed by atoms with van der Waals surface area (Å²) in [5, 5.41) is 0. The van der Waals surface area contributed by atoms with Gasteiger partial charge in [0.2, 0.25) is 5.91 Å². The Labute approximate surface area is 120 Å². The summed E-state index contributed by atoms with van der Waals surface area (Å²) in [5.74, 6) is 0.0618. The van der Waals surface area contributed by atoms with Gasteiger partial charge < -0.3 is 20.1 Å². The molecule has 6 nitrogen and oxygen atoms in total. The van der Waals surface area contributed by atoms with Gasteiger partial charge >= 0.3 is 0 Å². The molecule has 3 rings (SSSR count). The molecule has 3 saturated heterocycles. The standard InChI is InChI=1S/C14H25N3O3/c15-14(3-9-19-11-14)13(18)17-6-4-16(5-7-17)10-12-2-1-8-20-12/h12H,1-11,15H2. The monoisotopic (exact) mass is 283 g/mol. The molecule has 0 spiro atoms. The second-order valence-corrected chi connectivity index (χ2v) is 6.19. The summed E-state index contributed by atoms with van der Waals surface area (Å²) in [4.78, 5) is 16.8. The van der Waals surface area contributed by atoms with Crippen LogP contribution in [0.5, 0.6) is 0 Å². The zero-order valence-electron chi connectivity index (χ0n) is 12.1. The van der Waals surface area contributed by atoms with E-state index in [0.717, 1.165) is 39.3 Å². The van der Waals surface area contributed by atoms with Crippen LogP contribution in [0, 0.1) is 0 Å². The number of nitrogens with two attached hydrogens (primary N) is 1. The van der Waals surface area contributed by atoms with Crippen LogP contribution in [-0.4, -0.2) is 79.9 Å². The van der Waals surface area contributed by atoms with E-state index in [4.69, 9.17) is 15.2 Å². The van der Waals surface area contributed by atoms with Gasteiger partial charge in [-0.2, -0.15) is 0 Å². The summed E-state index contributed by atoms with van der Waals surface area (Å²) < 4.78 is 11.0. The highest BCUT2D eigenvalue weighted by Crippen LogP contribution is 2.20. The number of hydrogen-bond acceptors (Lipinski definition) is 5. The van der Waals surface area contributed by atoms with Crippen molar-refractivity contribution in [1.29, 1.82) is 0 Å². The first-order valence-corrected chi connectivity index (χ1v) is 7.67. The molecule has 2 N–H and O–H groups in total. The second-order valence-electron chi connectivity index (χ2n) is 6.19. The van der Waals surface area contributed by atoms with Crippen LogP contribution in [0.3, 0.4) is 0 Å². The van der Waals surface area contributed by atoms with Crippen molar-refractivity contribution in [2.45, 2.75) is 30.9 Å². The van der Waals surface area contributed by atoms with Crippen molar-refractivity contribution < 1.29 is 14.3 Å². The smallest absolute Gasteiger partial charge is 0.245 e. The van der Waals surface area contributed by atoms with Crippen molar-refractivity contribution in [3.8, 4) is 0 Å². The average Bonchev–Trinajstić information content (AvgIpc) is 3.11. The van der Waals surface area contributed by atoms with Crippen LogP contribution >= 0.6 is 0 Å². The van der Waals surface area contributed by atoms with Crippen LogP contribution in [0.15, 0.2) is 0 Å². The maximum Gasteiger partial charge on any atom is 0.245 e. The van der Waals surface area contributed by atoms with Crippen molar-refractivity contribution >= 4 is 5.91 Å². The molecule has 0 aromatic carbocycles. The van der Waals surface area contributed by atoms with Crippen LogP contribution < -0.4 is 5.73 Å². The Hall–Kier alpha value is -0.690. The van der Waals surface area contributed by atoms with Gasteiger partial charge in [-0.05, 0) is 19.3 Å².